The maximum Gasteiger partial charge on any atom is 0.162 e. The number of hydrogen-bond donors (Lipinski definition) is 2. The Morgan fingerprint density at radius 1 is 1.40 bits per heavy atom. The minimum absolute atomic E-state index is 0.0277. The molecule has 1 heterocycles. The van der Waals surface area contributed by atoms with Gasteiger partial charge in [-0.3, -0.25) is 5.41 Å². The van der Waals surface area contributed by atoms with Crippen LogP contribution in [-0.2, 0) is 0 Å². The zero-order valence-electron chi connectivity index (χ0n) is 11.3. The quantitative estimate of drug-likeness (QED) is 0.670. The molecule has 3 N–H and O–H groups in total. The highest BCUT2D eigenvalue weighted by atomic mass is 35.5. The van der Waals surface area contributed by atoms with Crippen LogP contribution in [0.5, 0.6) is 0 Å². The van der Waals surface area contributed by atoms with E-state index in [0.29, 0.717) is 16.4 Å². The first-order valence-corrected chi connectivity index (χ1v) is 6.53. The Bertz CT molecular complexity index is 628. The lowest BCUT2D eigenvalue weighted by molar-refractivity contribution is 0.719. The van der Waals surface area contributed by atoms with Gasteiger partial charge in [0.25, 0.3) is 0 Å². The van der Waals surface area contributed by atoms with Crippen molar-refractivity contribution in [3.8, 4) is 0 Å². The monoisotopic (exact) mass is 289 g/mol. The van der Waals surface area contributed by atoms with E-state index >= 15 is 0 Å². The van der Waals surface area contributed by atoms with E-state index < -0.39 is 0 Å². The molecule has 1 atom stereocenters. The summed E-state index contributed by atoms with van der Waals surface area (Å²) in [6.07, 6.45) is 1.53. The number of nitrogens with zero attached hydrogens (tertiary/aromatic N) is 3. The molecule has 104 valence electrons. The molecule has 0 aliphatic heterocycles. The number of nitrogen functional groups attached to an aromatic ring is 1. The molecule has 0 fully saturated rings. The Morgan fingerprint density at radius 3 is 2.80 bits per heavy atom. The summed E-state index contributed by atoms with van der Waals surface area (Å²) in [6, 6.07) is 9.37. The number of nitrogens with two attached hydrogens (primary N) is 1. The molecular weight excluding hydrogens is 274 g/mol. The fourth-order valence-electron chi connectivity index (χ4n) is 1.97. The van der Waals surface area contributed by atoms with Crippen LogP contribution in [0.25, 0.3) is 0 Å². The second kappa shape index (κ2) is 5.88. The Kier molecular flexibility index (Phi) is 4.20. The lowest BCUT2D eigenvalue weighted by Crippen LogP contribution is -2.26. The molecule has 0 aliphatic rings. The summed E-state index contributed by atoms with van der Waals surface area (Å²) in [7, 11) is 1.89. The Hall–Kier alpha value is -2.14. The van der Waals surface area contributed by atoms with Crippen molar-refractivity contribution in [1.29, 1.82) is 5.41 Å². The molecule has 0 aliphatic carbocycles. The number of nitrogens with one attached hydrogen (secondary N) is 1. The van der Waals surface area contributed by atoms with E-state index in [1.54, 1.807) is 6.07 Å². The van der Waals surface area contributed by atoms with Crippen molar-refractivity contribution in [2.75, 3.05) is 11.9 Å². The van der Waals surface area contributed by atoms with Gasteiger partial charge in [0.2, 0.25) is 0 Å². The fourth-order valence-corrected chi connectivity index (χ4v) is 2.17. The molecule has 5 nitrogen and oxygen atoms in total. The van der Waals surface area contributed by atoms with Gasteiger partial charge in [-0.1, -0.05) is 23.7 Å². The fraction of sp³-hybridized carbons (Fsp3) is 0.214. The maximum absolute atomic E-state index is 7.61. The molecule has 0 saturated heterocycles. The van der Waals surface area contributed by atoms with Gasteiger partial charge >= 0.3 is 0 Å². The molecule has 0 bridgehead atoms. The molecule has 20 heavy (non-hydrogen) atoms. The van der Waals surface area contributed by atoms with Crippen molar-refractivity contribution in [3.05, 3.63) is 52.7 Å². The first-order chi connectivity index (χ1) is 9.50. The van der Waals surface area contributed by atoms with E-state index in [1.165, 1.54) is 6.20 Å². The van der Waals surface area contributed by atoms with Crippen molar-refractivity contribution < 1.29 is 0 Å². The van der Waals surface area contributed by atoms with Crippen molar-refractivity contribution in [3.63, 3.8) is 0 Å². The number of hydrogen-bond acceptors (Lipinski definition) is 4. The highest BCUT2D eigenvalue weighted by molar-refractivity contribution is 6.30. The molecule has 0 spiro atoms. The van der Waals surface area contributed by atoms with Gasteiger partial charge in [-0.05, 0) is 30.7 Å². The normalized spacial score (nSPS) is 11.9. The van der Waals surface area contributed by atoms with E-state index in [4.69, 9.17) is 22.7 Å². The number of rotatable bonds is 4. The van der Waals surface area contributed by atoms with Crippen LogP contribution >= 0.6 is 11.6 Å². The minimum Gasteiger partial charge on any atom is -0.384 e. The summed E-state index contributed by atoms with van der Waals surface area (Å²) >= 11 is 6.02. The van der Waals surface area contributed by atoms with E-state index in [-0.39, 0.29) is 11.9 Å². The van der Waals surface area contributed by atoms with Gasteiger partial charge in [0.15, 0.2) is 5.82 Å². The first-order valence-electron chi connectivity index (χ1n) is 6.15. The summed E-state index contributed by atoms with van der Waals surface area (Å²) in [5, 5.41) is 16.3. The molecule has 0 amide bonds. The molecular formula is C14H16ClN5. The summed E-state index contributed by atoms with van der Waals surface area (Å²) in [4.78, 5) is 1.93. The van der Waals surface area contributed by atoms with Gasteiger partial charge in [0, 0.05) is 12.1 Å². The predicted octanol–water partition coefficient (Wildman–Crippen LogP) is 2.61. The third-order valence-electron chi connectivity index (χ3n) is 3.24. The van der Waals surface area contributed by atoms with Crippen LogP contribution in [0.1, 0.15) is 24.1 Å². The number of benzene rings is 1. The van der Waals surface area contributed by atoms with Crippen molar-refractivity contribution >= 4 is 23.3 Å². The van der Waals surface area contributed by atoms with Gasteiger partial charge in [-0.15, -0.1) is 5.10 Å². The third-order valence-corrected chi connectivity index (χ3v) is 3.47. The van der Waals surface area contributed by atoms with Crippen LogP contribution < -0.4 is 10.6 Å². The molecule has 6 heteroatoms. The van der Waals surface area contributed by atoms with E-state index in [2.05, 4.69) is 10.2 Å². The average molecular weight is 290 g/mol. The van der Waals surface area contributed by atoms with Crippen LogP contribution in [0.15, 0.2) is 36.5 Å². The van der Waals surface area contributed by atoms with E-state index in [9.17, 15) is 0 Å². The number of halogens is 1. The summed E-state index contributed by atoms with van der Waals surface area (Å²) in [6.45, 7) is 2.03. The minimum atomic E-state index is -0.0277. The highest BCUT2D eigenvalue weighted by Crippen LogP contribution is 2.27. The summed E-state index contributed by atoms with van der Waals surface area (Å²) < 4.78 is 0. The second-order valence-electron chi connectivity index (χ2n) is 4.52. The van der Waals surface area contributed by atoms with E-state index in [1.807, 2.05) is 43.1 Å². The van der Waals surface area contributed by atoms with Gasteiger partial charge in [0.1, 0.15) is 5.84 Å². The smallest absolute Gasteiger partial charge is 0.162 e. The zero-order chi connectivity index (χ0) is 14.7. The first kappa shape index (κ1) is 14.3. The van der Waals surface area contributed by atoms with Crippen molar-refractivity contribution in [2.24, 2.45) is 5.73 Å². The molecule has 0 radical (unpaired) electrons. The molecule has 0 saturated carbocycles. The van der Waals surface area contributed by atoms with Gasteiger partial charge in [-0.2, -0.15) is 5.10 Å². The van der Waals surface area contributed by atoms with Crippen LogP contribution in [-0.4, -0.2) is 23.1 Å². The Morgan fingerprint density at radius 2 is 2.15 bits per heavy atom. The van der Waals surface area contributed by atoms with Crippen LogP contribution in [0.3, 0.4) is 0 Å². The van der Waals surface area contributed by atoms with Crippen LogP contribution in [0.2, 0.25) is 5.02 Å². The second-order valence-corrected chi connectivity index (χ2v) is 4.96. The number of anilines is 1. The van der Waals surface area contributed by atoms with Gasteiger partial charge in [-0.25, -0.2) is 0 Å². The molecule has 1 aromatic heterocycles. The topological polar surface area (TPSA) is 78.9 Å². The molecule has 2 rings (SSSR count). The molecule has 1 unspecified atom stereocenters. The van der Waals surface area contributed by atoms with Crippen LogP contribution in [0, 0.1) is 5.41 Å². The predicted molar refractivity (Wildman–Crippen MR) is 81.3 cm³/mol. The average Bonchev–Trinajstić information content (AvgIpc) is 2.45. The van der Waals surface area contributed by atoms with Gasteiger partial charge in [0.05, 0.1) is 17.8 Å². The number of amidine groups is 1. The van der Waals surface area contributed by atoms with Crippen LogP contribution in [0.4, 0.5) is 5.82 Å². The zero-order valence-corrected chi connectivity index (χ0v) is 12.1. The molecule has 2 aromatic rings. The van der Waals surface area contributed by atoms with Crippen molar-refractivity contribution in [1.82, 2.24) is 10.2 Å². The molecule has 1 aromatic carbocycles. The third kappa shape index (κ3) is 2.88. The number of aromatic nitrogens is 2. The van der Waals surface area contributed by atoms with E-state index in [0.717, 1.165) is 5.56 Å². The lowest BCUT2D eigenvalue weighted by atomic mass is 10.1. The summed E-state index contributed by atoms with van der Waals surface area (Å²) in [5.74, 6) is 0.549. The van der Waals surface area contributed by atoms with Gasteiger partial charge < -0.3 is 10.6 Å². The maximum atomic E-state index is 7.61. The van der Waals surface area contributed by atoms with Crippen molar-refractivity contribution in [2.45, 2.75) is 13.0 Å². The standard InChI is InChI=1S/C14H16ClN5/c1-9(10-4-3-5-11(15)8-10)20(2)14-12(13(16)17)6-7-18-19-14/h3-9H,1-2H3,(H3,16,17). The Balaban J connectivity index is 2.36. The SMILES string of the molecule is CC(c1cccc(Cl)c1)N(C)c1nnccc1C(=N)N. The summed E-state index contributed by atoms with van der Waals surface area (Å²) in [5.41, 5.74) is 7.20. The lowest BCUT2D eigenvalue weighted by Gasteiger charge is -2.27. The largest absolute Gasteiger partial charge is 0.384 e. The highest BCUT2D eigenvalue weighted by Gasteiger charge is 2.18. The Labute approximate surface area is 122 Å².